The van der Waals surface area contributed by atoms with Gasteiger partial charge in [0.15, 0.2) is 0 Å². The molecule has 0 aliphatic carbocycles. The van der Waals surface area contributed by atoms with Crippen molar-refractivity contribution < 1.29 is 29.4 Å². The molecular formula is C9H13N3O6. The predicted octanol–water partition coefficient (Wildman–Crippen LogP) is -2.93. The first kappa shape index (κ1) is 13.9. The molecule has 1 atom stereocenters. The van der Waals surface area contributed by atoms with Crippen LogP contribution in [0.25, 0.3) is 0 Å². The van der Waals surface area contributed by atoms with Gasteiger partial charge in [-0.25, -0.2) is 0 Å². The van der Waals surface area contributed by atoms with Crippen molar-refractivity contribution in [1.82, 2.24) is 15.5 Å². The summed E-state index contributed by atoms with van der Waals surface area (Å²) < 4.78 is 0. The summed E-state index contributed by atoms with van der Waals surface area (Å²) in [7, 11) is 0. The number of hydrogen-bond donors (Lipinski definition) is 4. The highest BCUT2D eigenvalue weighted by atomic mass is 16.4. The van der Waals surface area contributed by atoms with Crippen LogP contribution >= 0.6 is 0 Å². The molecule has 2 amide bonds. The molecule has 4 N–H and O–H groups in total. The fraction of sp³-hybridized carbons (Fsp3) is 0.556. The van der Waals surface area contributed by atoms with Crippen molar-refractivity contribution in [2.45, 2.75) is 6.04 Å². The van der Waals surface area contributed by atoms with Crippen LogP contribution in [0.1, 0.15) is 0 Å². The summed E-state index contributed by atoms with van der Waals surface area (Å²) >= 11 is 0. The maximum Gasteiger partial charge on any atom is 0.323 e. The number of carboxylic acid groups (broad SMARTS) is 2. The molecule has 9 heteroatoms. The number of carbonyl (C=O) groups excluding carboxylic acids is 2. The third kappa shape index (κ3) is 4.01. The van der Waals surface area contributed by atoms with Crippen molar-refractivity contribution in [1.29, 1.82) is 0 Å². The van der Waals surface area contributed by atoms with Gasteiger partial charge in [-0.05, 0) is 0 Å². The summed E-state index contributed by atoms with van der Waals surface area (Å²) in [4.78, 5) is 44.5. The average molecular weight is 259 g/mol. The van der Waals surface area contributed by atoms with Crippen molar-refractivity contribution in [3.05, 3.63) is 0 Å². The first-order chi connectivity index (χ1) is 8.40. The average Bonchev–Trinajstić information content (AvgIpc) is 2.27. The van der Waals surface area contributed by atoms with Gasteiger partial charge in [0.25, 0.3) is 0 Å². The highest BCUT2D eigenvalue weighted by Crippen LogP contribution is 1.98. The molecule has 1 unspecified atom stereocenters. The molecule has 0 saturated carbocycles. The Labute approximate surface area is 102 Å². The Morgan fingerprint density at radius 3 is 2.17 bits per heavy atom. The highest BCUT2D eigenvalue weighted by Gasteiger charge is 2.29. The third-order valence-electron chi connectivity index (χ3n) is 2.27. The summed E-state index contributed by atoms with van der Waals surface area (Å²) in [6.07, 6.45) is 0. The van der Waals surface area contributed by atoms with Crippen LogP contribution in [0.2, 0.25) is 0 Å². The van der Waals surface area contributed by atoms with Crippen LogP contribution in [0.5, 0.6) is 0 Å². The SMILES string of the molecule is O=C(O)CN(CC(=O)O)C(=O)C1CNC(=O)CN1. The van der Waals surface area contributed by atoms with Gasteiger partial charge in [-0.3, -0.25) is 24.5 Å². The molecule has 1 rings (SSSR count). The zero-order valence-electron chi connectivity index (χ0n) is 9.38. The maximum absolute atomic E-state index is 11.9. The van der Waals surface area contributed by atoms with Crippen LogP contribution < -0.4 is 10.6 Å². The van der Waals surface area contributed by atoms with E-state index in [9.17, 15) is 19.2 Å². The predicted molar refractivity (Wildman–Crippen MR) is 56.7 cm³/mol. The molecule has 1 fully saturated rings. The normalized spacial score (nSPS) is 18.9. The van der Waals surface area contributed by atoms with E-state index in [1.165, 1.54) is 0 Å². The van der Waals surface area contributed by atoms with Crippen LogP contribution in [0.4, 0.5) is 0 Å². The minimum absolute atomic E-state index is 0.00735. The van der Waals surface area contributed by atoms with Gasteiger partial charge in [-0.15, -0.1) is 0 Å². The Morgan fingerprint density at radius 1 is 1.22 bits per heavy atom. The number of aliphatic carboxylic acids is 2. The Bertz CT molecular complexity index is 356. The van der Waals surface area contributed by atoms with E-state index < -0.39 is 37.0 Å². The lowest BCUT2D eigenvalue weighted by Crippen LogP contribution is -2.59. The monoisotopic (exact) mass is 259 g/mol. The van der Waals surface area contributed by atoms with Gasteiger partial charge < -0.3 is 20.4 Å². The number of hydrogen-bond acceptors (Lipinski definition) is 5. The summed E-state index contributed by atoms with van der Waals surface area (Å²) in [6.45, 7) is -1.45. The largest absolute Gasteiger partial charge is 0.480 e. The standard InChI is InChI=1S/C9H13N3O6/c13-6-2-10-5(1-11-6)9(18)12(3-7(14)15)4-8(16)17/h5,10H,1-4H2,(H,11,13)(H,14,15)(H,16,17). The van der Waals surface area contributed by atoms with E-state index >= 15 is 0 Å². The Hall–Kier alpha value is -2.16. The van der Waals surface area contributed by atoms with Crippen molar-refractivity contribution >= 4 is 23.8 Å². The topological polar surface area (TPSA) is 136 Å². The second-order valence-electron chi connectivity index (χ2n) is 3.72. The van der Waals surface area contributed by atoms with Crippen molar-refractivity contribution in [3.8, 4) is 0 Å². The molecule has 18 heavy (non-hydrogen) atoms. The van der Waals surface area contributed by atoms with Gasteiger partial charge in [0.1, 0.15) is 19.1 Å². The molecule has 1 aliphatic heterocycles. The molecule has 1 heterocycles. The molecule has 9 nitrogen and oxygen atoms in total. The maximum atomic E-state index is 11.9. The van der Waals surface area contributed by atoms with Crippen LogP contribution in [-0.4, -0.2) is 71.1 Å². The lowest BCUT2D eigenvalue weighted by Gasteiger charge is -2.28. The van der Waals surface area contributed by atoms with Gasteiger partial charge in [-0.1, -0.05) is 0 Å². The second-order valence-corrected chi connectivity index (χ2v) is 3.72. The van der Waals surface area contributed by atoms with E-state index in [-0.39, 0.29) is 19.0 Å². The molecule has 0 aromatic carbocycles. The molecule has 0 bridgehead atoms. The smallest absolute Gasteiger partial charge is 0.323 e. The van der Waals surface area contributed by atoms with E-state index in [1.807, 2.05) is 0 Å². The fourth-order valence-corrected chi connectivity index (χ4v) is 1.50. The quantitative estimate of drug-likeness (QED) is 0.415. The van der Waals surface area contributed by atoms with Crippen LogP contribution in [0.15, 0.2) is 0 Å². The van der Waals surface area contributed by atoms with E-state index in [2.05, 4.69) is 10.6 Å². The van der Waals surface area contributed by atoms with Gasteiger partial charge in [0, 0.05) is 6.54 Å². The summed E-state index contributed by atoms with van der Waals surface area (Å²) in [5, 5.41) is 22.3. The van der Waals surface area contributed by atoms with Crippen LogP contribution in [0.3, 0.4) is 0 Å². The molecule has 0 aromatic heterocycles. The molecule has 0 aromatic rings. The van der Waals surface area contributed by atoms with Crippen LogP contribution in [0, 0.1) is 0 Å². The van der Waals surface area contributed by atoms with Crippen molar-refractivity contribution in [2.75, 3.05) is 26.2 Å². The minimum atomic E-state index is -1.30. The highest BCUT2D eigenvalue weighted by molar-refractivity contribution is 5.90. The van der Waals surface area contributed by atoms with Gasteiger partial charge in [0.2, 0.25) is 11.8 Å². The van der Waals surface area contributed by atoms with Crippen LogP contribution in [-0.2, 0) is 19.2 Å². The van der Waals surface area contributed by atoms with Crippen molar-refractivity contribution in [2.24, 2.45) is 0 Å². The van der Waals surface area contributed by atoms with Crippen molar-refractivity contribution in [3.63, 3.8) is 0 Å². The Balaban J connectivity index is 2.65. The molecule has 0 spiro atoms. The summed E-state index contributed by atoms with van der Waals surface area (Å²) in [5.41, 5.74) is 0. The fourth-order valence-electron chi connectivity index (χ4n) is 1.50. The summed E-state index contributed by atoms with van der Waals surface area (Å²) in [5.74, 6) is -3.55. The Morgan fingerprint density at radius 2 is 1.78 bits per heavy atom. The molecular weight excluding hydrogens is 246 g/mol. The number of nitrogens with zero attached hydrogens (tertiary/aromatic N) is 1. The molecule has 100 valence electrons. The van der Waals surface area contributed by atoms with E-state index in [4.69, 9.17) is 10.2 Å². The zero-order chi connectivity index (χ0) is 13.7. The number of carboxylic acids is 2. The minimum Gasteiger partial charge on any atom is -0.480 e. The lowest BCUT2D eigenvalue weighted by atomic mass is 10.2. The second kappa shape index (κ2) is 5.96. The van der Waals surface area contributed by atoms with Gasteiger partial charge in [0.05, 0.1) is 6.54 Å². The number of amides is 2. The van der Waals surface area contributed by atoms with E-state index in [0.717, 1.165) is 0 Å². The first-order valence-electron chi connectivity index (χ1n) is 5.12. The van der Waals surface area contributed by atoms with Gasteiger partial charge >= 0.3 is 11.9 Å². The number of carbonyl (C=O) groups is 4. The van der Waals surface area contributed by atoms with E-state index in [0.29, 0.717) is 4.90 Å². The third-order valence-corrected chi connectivity index (χ3v) is 2.27. The summed E-state index contributed by atoms with van der Waals surface area (Å²) in [6, 6.07) is -0.804. The molecule has 1 aliphatic rings. The number of rotatable bonds is 5. The lowest BCUT2D eigenvalue weighted by molar-refractivity contribution is -0.150. The first-order valence-corrected chi connectivity index (χ1v) is 5.12. The molecule has 1 saturated heterocycles. The number of nitrogens with one attached hydrogen (secondary N) is 2. The Kier molecular flexibility index (Phi) is 4.60. The van der Waals surface area contributed by atoms with Gasteiger partial charge in [-0.2, -0.15) is 0 Å². The molecule has 0 radical (unpaired) electrons. The number of piperazine rings is 1. The zero-order valence-corrected chi connectivity index (χ0v) is 9.38. The van der Waals surface area contributed by atoms with E-state index in [1.54, 1.807) is 0 Å².